The molecule has 0 aliphatic rings. The van der Waals surface area contributed by atoms with E-state index >= 15 is 0 Å². The van der Waals surface area contributed by atoms with Gasteiger partial charge in [-0.15, -0.1) is 0 Å². The van der Waals surface area contributed by atoms with Gasteiger partial charge in [0.15, 0.2) is 0 Å². The monoisotopic (exact) mass is 342 g/mol. The molecule has 1 atom stereocenters. The summed E-state index contributed by atoms with van der Waals surface area (Å²) in [6, 6.07) is 14.8. The molecule has 2 rings (SSSR count). The molecule has 0 radical (unpaired) electrons. The Labute approximate surface area is 144 Å². The van der Waals surface area contributed by atoms with E-state index in [0.29, 0.717) is 6.42 Å². The van der Waals surface area contributed by atoms with Crippen LogP contribution >= 0.6 is 7.37 Å². The number of benzene rings is 2. The molecular formula is C20H23O3P. The molecule has 4 heteroatoms. The van der Waals surface area contributed by atoms with Gasteiger partial charge in [0.2, 0.25) is 0 Å². The molecule has 0 saturated carbocycles. The second kappa shape index (κ2) is 8.73. The van der Waals surface area contributed by atoms with Gasteiger partial charge in [0.05, 0.1) is 11.9 Å². The van der Waals surface area contributed by atoms with Crippen LogP contribution in [-0.4, -0.2) is 11.7 Å². The lowest BCUT2D eigenvalue weighted by molar-refractivity contribution is 0.347. The van der Waals surface area contributed by atoms with Crippen molar-refractivity contribution in [3.05, 3.63) is 48.5 Å². The van der Waals surface area contributed by atoms with Crippen molar-refractivity contribution in [2.75, 3.05) is 6.61 Å². The van der Waals surface area contributed by atoms with Gasteiger partial charge in [-0.25, -0.2) is 0 Å². The Hall–Kier alpha value is -2.01. The fourth-order valence-electron chi connectivity index (χ4n) is 2.34. The summed E-state index contributed by atoms with van der Waals surface area (Å²) in [7, 11) is -3.41. The van der Waals surface area contributed by atoms with Gasteiger partial charge in [-0.3, -0.25) is 4.57 Å². The van der Waals surface area contributed by atoms with E-state index in [2.05, 4.69) is 18.5 Å². The maximum absolute atomic E-state index is 13.2. The predicted molar refractivity (Wildman–Crippen MR) is 99.7 cm³/mol. The van der Waals surface area contributed by atoms with Crippen LogP contribution in [0.5, 0.6) is 5.75 Å². The Morgan fingerprint density at radius 2 is 1.83 bits per heavy atom. The number of rotatable bonds is 6. The topological polar surface area (TPSA) is 46.5 Å². The maximum Gasteiger partial charge on any atom is 0.306 e. The number of aromatic hydroxyl groups is 1. The van der Waals surface area contributed by atoms with Crippen molar-refractivity contribution in [3.8, 4) is 28.5 Å². The van der Waals surface area contributed by atoms with Gasteiger partial charge < -0.3 is 9.63 Å². The number of phenolic OH excluding ortho intramolecular Hbond substituents is 1. The summed E-state index contributed by atoms with van der Waals surface area (Å²) in [5.41, 5.74) is 4.65. The van der Waals surface area contributed by atoms with Gasteiger partial charge in [-0.2, -0.15) is 0 Å². The van der Waals surface area contributed by atoms with E-state index in [4.69, 9.17) is 4.52 Å². The summed E-state index contributed by atoms with van der Waals surface area (Å²) < 4.78 is 18.7. The van der Waals surface area contributed by atoms with Crippen molar-refractivity contribution < 1.29 is 14.2 Å². The third-order valence-electron chi connectivity index (χ3n) is 3.59. The van der Waals surface area contributed by atoms with Crippen LogP contribution in [0.15, 0.2) is 48.5 Å². The first-order valence-corrected chi connectivity index (χ1v) is 9.87. The average Bonchev–Trinajstić information content (AvgIpc) is 2.60. The number of hydrogen-bond donors (Lipinski definition) is 1. The van der Waals surface area contributed by atoms with Crippen LogP contribution in [0, 0.1) is 11.6 Å². The number of hydrogen-bond acceptors (Lipinski definition) is 3. The van der Waals surface area contributed by atoms with Gasteiger partial charge in [0, 0.05) is 6.42 Å². The predicted octanol–water partition coefficient (Wildman–Crippen LogP) is 5.15. The summed E-state index contributed by atoms with van der Waals surface area (Å²) >= 11 is 0. The molecule has 1 N–H and O–H groups in total. The van der Waals surface area contributed by atoms with Gasteiger partial charge >= 0.3 is 7.37 Å². The first kappa shape index (κ1) is 18.3. The minimum Gasteiger partial charge on any atom is -0.507 e. The van der Waals surface area contributed by atoms with Crippen LogP contribution in [0.1, 0.15) is 33.1 Å². The SMILES string of the molecule is CCCCC#CP(=O)(OCC)c1cc(-c2ccccc2)ccc1O. The third kappa shape index (κ3) is 4.51. The molecule has 0 saturated heterocycles. The molecule has 2 aromatic rings. The van der Waals surface area contributed by atoms with Gasteiger partial charge in [-0.1, -0.05) is 55.7 Å². The highest BCUT2D eigenvalue weighted by Crippen LogP contribution is 2.47. The molecule has 0 spiro atoms. The summed E-state index contributed by atoms with van der Waals surface area (Å²) in [5, 5.41) is 10.5. The summed E-state index contributed by atoms with van der Waals surface area (Å²) in [5.74, 6) is 2.90. The molecule has 0 fully saturated rings. The van der Waals surface area contributed by atoms with Crippen LogP contribution in [0.2, 0.25) is 0 Å². The molecular weight excluding hydrogens is 319 g/mol. The van der Waals surface area contributed by atoms with E-state index < -0.39 is 7.37 Å². The third-order valence-corrected chi connectivity index (χ3v) is 5.66. The molecule has 24 heavy (non-hydrogen) atoms. The van der Waals surface area contributed by atoms with Gasteiger partial charge in [0.1, 0.15) is 5.75 Å². The lowest BCUT2D eigenvalue weighted by atomic mass is 10.1. The second-order valence-electron chi connectivity index (χ2n) is 5.43. The van der Waals surface area contributed by atoms with Crippen LogP contribution in [0.3, 0.4) is 0 Å². The second-order valence-corrected chi connectivity index (χ2v) is 7.50. The van der Waals surface area contributed by atoms with Crippen LogP contribution in [-0.2, 0) is 9.09 Å². The van der Waals surface area contributed by atoms with Crippen molar-refractivity contribution in [1.82, 2.24) is 0 Å². The largest absolute Gasteiger partial charge is 0.507 e. The quantitative estimate of drug-likeness (QED) is 0.449. The normalized spacial score (nSPS) is 12.9. The fourth-order valence-corrected chi connectivity index (χ4v) is 4.03. The molecule has 1 unspecified atom stereocenters. The van der Waals surface area contributed by atoms with E-state index in [-0.39, 0.29) is 17.7 Å². The molecule has 2 aromatic carbocycles. The van der Waals surface area contributed by atoms with Gasteiger partial charge in [-0.05, 0) is 42.3 Å². The average molecular weight is 342 g/mol. The van der Waals surface area contributed by atoms with Crippen molar-refractivity contribution >= 4 is 12.7 Å². The van der Waals surface area contributed by atoms with E-state index in [1.807, 2.05) is 30.3 Å². The van der Waals surface area contributed by atoms with Crippen molar-refractivity contribution in [2.45, 2.75) is 33.1 Å². The zero-order chi connectivity index (χ0) is 17.4. The highest BCUT2D eigenvalue weighted by Gasteiger charge is 2.27. The summed E-state index contributed by atoms with van der Waals surface area (Å²) in [6.07, 6.45) is 2.66. The van der Waals surface area contributed by atoms with Crippen molar-refractivity contribution in [3.63, 3.8) is 0 Å². The standard InChI is InChI=1S/C20H23O3P/c1-3-5-6-10-15-24(22,23-4-2)20-16-18(13-14-19(20)21)17-11-8-7-9-12-17/h7-9,11-14,16,21H,3-6H2,1-2H3. The number of phenols is 1. The van der Waals surface area contributed by atoms with E-state index in [1.165, 1.54) is 0 Å². The summed E-state index contributed by atoms with van der Waals surface area (Å²) in [6.45, 7) is 4.13. The molecule has 0 aliphatic heterocycles. The lowest BCUT2D eigenvalue weighted by Gasteiger charge is -2.15. The Morgan fingerprint density at radius 1 is 1.08 bits per heavy atom. The Bertz CT molecular complexity index is 772. The van der Waals surface area contributed by atoms with Gasteiger partial charge in [0.25, 0.3) is 0 Å². The molecule has 0 amide bonds. The van der Waals surface area contributed by atoms with Crippen LogP contribution in [0.25, 0.3) is 11.1 Å². The maximum atomic E-state index is 13.2. The minimum absolute atomic E-state index is 0.0451. The number of unbranched alkanes of at least 4 members (excludes halogenated alkanes) is 2. The zero-order valence-electron chi connectivity index (χ0n) is 14.2. The zero-order valence-corrected chi connectivity index (χ0v) is 15.1. The fraction of sp³-hybridized carbons (Fsp3) is 0.300. The van der Waals surface area contributed by atoms with Crippen molar-refractivity contribution in [1.29, 1.82) is 0 Å². The Balaban J connectivity index is 2.45. The molecule has 0 aliphatic carbocycles. The minimum atomic E-state index is -3.41. The first-order chi connectivity index (χ1) is 11.6. The molecule has 0 bridgehead atoms. The molecule has 0 aromatic heterocycles. The first-order valence-electron chi connectivity index (χ1n) is 8.24. The van der Waals surface area contributed by atoms with E-state index in [9.17, 15) is 9.67 Å². The lowest BCUT2D eigenvalue weighted by Crippen LogP contribution is -2.08. The molecule has 126 valence electrons. The smallest absolute Gasteiger partial charge is 0.306 e. The van der Waals surface area contributed by atoms with E-state index in [0.717, 1.165) is 24.0 Å². The summed E-state index contributed by atoms with van der Waals surface area (Å²) in [4.78, 5) is 0. The highest BCUT2D eigenvalue weighted by molar-refractivity contribution is 7.72. The molecule has 0 heterocycles. The van der Waals surface area contributed by atoms with E-state index in [1.54, 1.807) is 25.1 Å². The van der Waals surface area contributed by atoms with Crippen LogP contribution in [0.4, 0.5) is 0 Å². The molecule has 3 nitrogen and oxygen atoms in total. The highest BCUT2D eigenvalue weighted by atomic mass is 31.2. The van der Waals surface area contributed by atoms with Crippen LogP contribution < -0.4 is 5.30 Å². The van der Waals surface area contributed by atoms with Crippen molar-refractivity contribution in [2.24, 2.45) is 0 Å². The Kier molecular flexibility index (Phi) is 6.67. The Morgan fingerprint density at radius 3 is 2.50 bits per heavy atom.